The Balaban J connectivity index is 2.36. The first kappa shape index (κ1) is 9.42. The van der Waals surface area contributed by atoms with Gasteiger partial charge in [0.25, 0.3) is 0 Å². The topological polar surface area (TPSA) is 43.3 Å². The third kappa shape index (κ3) is 1.17. The van der Waals surface area contributed by atoms with Crippen LogP contribution in [-0.2, 0) is 6.54 Å². The van der Waals surface area contributed by atoms with Crippen LogP contribution in [0.5, 0.6) is 5.75 Å². The molecule has 0 saturated heterocycles. The molecule has 1 aliphatic heterocycles. The van der Waals surface area contributed by atoms with Crippen LogP contribution in [0.4, 0.5) is 0 Å². The molecule has 1 N–H and O–H groups in total. The quantitative estimate of drug-likeness (QED) is 0.783. The fraction of sp³-hybridized carbons (Fsp3) is 0.250. The second kappa shape index (κ2) is 3.35. The van der Waals surface area contributed by atoms with Gasteiger partial charge < -0.3 is 10.1 Å². The van der Waals surface area contributed by atoms with E-state index in [1.54, 1.807) is 11.7 Å². The van der Waals surface area contributed by atoms with Crippen molar-refractivity contribution in [1.82, 2.24) is 9.88 Å². The molecule has 4 nitrogen and oxygen atoms in total. The van der Waals surface area contributed by atoms with Gasteiger partial charge in [-0.2, -0.15) is 0 Å². The Morgan fingerprint density at radius 3 is 3.06 bits per heavy atom. The Bertz CT molecular complexity index is 572. The van der Waals surface area contributed by atoms with Crippen LogP contribution in [0.2, 0.25) is 0 Å². The molecule has 3 rings (SSSR count). The van der Waals surface area contributed by atoms with E-state index in [-0.39, 0.29) is 5.91 Å². The van der Waals surface area contributed by atoms with Crippen LogP contribution >= 0.6 is 0 Å². The van der Waals surface area contributed by atoms with Crippen LogP contribution in [0.3, 0.4) is 0 Å². The van der Waals surface area contributed by atoms with Crippen molar-refractivity contribution in [3.05, 3.63) is 30.0 Å². The van der Waals surface area contributed by atoms with Crippen molar-refractivity contribution in [2.75, 3.05) is 13.7 Å². The SMILES string of the molecule is COc1cccc2c1cc1n2C(=O)CNC1. The molecule has 0 atom stereocenters. The standard InChI is InChI=1S/C12H12N2O2/c1-16-11-4-2-3-10-9(11)5-8-6-13-7-12(15)14(8)10/h2-5,13H,6-7H2,1H3. The van der Waals surface area contributed by atoms with Crippen LogP contribution in [0, 0.1) is 0 Å². The minimum Gasteiger partial charge on any atom is -0.496 e. The number of ether oxygens (including phenoxy) is 1. The molecule has 0 spiro atoms. The van der Waals surface area contributed by atoms with Crippen molar-refractivity contribution in [1.29, 1.82) is 0 Å². The van der Waals surface area contributed by atoms with E-state index in [9.17, 15) is 4.79 Å². The lowest BCUT2D eigenvalue weighted by Gasteiger charge is -2.15. The summed E-state index contributed by atoms with van der Waals surface area (Å²) in [6, 6.07) is 7.78. The van der Waals surface area contributed by atoms with Gasteiger partial charge in [0.15, 0.2) is 0 Å². The number of fused-ring (bicyclic) bond motifs is 3. The molecule has 82 valence electrons. The Morgan fingerprint density at radius 1 is 1.38 bits per heavy atom. The van der Waals surface area contributed by atoms with Gasteiger partial charge in [-0.25, -0.2) is 0 Å². The van der Waals surface area contributed by atoms with Gasteiger partial charge in [0.05, 0.1) is 19.2 Å². The third-order valence-corrected chi connectivity index (χ3v) is 2.93. The normalized spacial score (nSPS) is 15.2. The van der Waals surface area contributed by atoms with Gasteiger partial charge in [0.2, 0.25) is 5.91 Å². The number of hydrogen-bond donors (Lipinski definition) is 1. The zero-order valence-corrected chi connectivity index (χ0v) is 8.99. The van der Waals surface area contributed by atoms with E-state index in [1.807, 2.05) is 24.3 Å². The molecule has 0 aliphatic carbocycles. The molecular weight excluding hydrogens is 204 g/mol. The second-order valence-electron chi connectivity index (χ2n) is 3.86. The zero-order valence-electron chi connectivity index (χ0n) is 8.99. The van der Waals surface area contributed by atoms with E-state index < -0.39 is 0 Å². The fourth-order valence-electron chi connectivity index (χ4n) is 2.24. The van der Waals surface area contributed by atoms with E-state index in [0.717, 1.165) is 28.9 Å². The highest BCUT2D eigenvalue weighted by Gasteiger charge is 2.20. The maximum atomic E-state index is 11.8. The fourth-order valence-corrected chi connectivity index (χ4v) is 2.24. The largest absolute Gasteiger partial charge is 0.496 e. The van der Waals surface area contributed by atoms with Crippen LogP contribution in [0.25, 0.3) is 10.9 Å². The monoisotopic (exact) mass is 216 g/mol. The van der Waals surface area contributed by atoms with Crippen molar-refractivity contribution in [3.63, 3.8) is 0 Å². The number of nitrogens with zero attached hydrogens (tertiary/aromatic N) is 1. The Kier molecular flexibility index (Phi) is 1.97. The van der Waals surface area contributed by atoms with Crippen molar-refractivity contribution in [3.8, 4) is 5.75 Å². The predicted molar refractivity (Wildman–Crippen MR) is 60.8 cm³/mol. The maximum Gasteiger partial charge on any atom is 0.245 e. The van der Waals surface area contributed by atoms with Gasteiger partial charge >= 0.3 is 0 Å². The number of rotatable bonds is 1. The molecule has 0 radical (unpaired) electrons. The second-order valence-corrected chi connectivity index (χ2v) is 3.86. The lowest BCUT2D eigenvalue weighted by atomic mass is 10.2. The van der Waals surface area contributed by atoms with Crippen molar-refractivity contribution < 1.29 is 9.53 Å². The molecule has 2 aromatic rings. The minimum absolute atomic E-state index is 0.0875. The summed E-state index contributed by atoms with van der Waals surface area (Å²) in [6.45, 7) is 1.12. The van der Waals surface area contributed by atoms with Gasteiger partial charge in [-0.1, -0.05) is 6.07 Å². The summed E-state index contributed by atoms with van der Waals surface area (Å²) in [4.78, 5) is 11.8. The molecule has 0 fully saturated rings. The Hall–Kier alpha value is -1.81. The highest BCUT2D eigenvalue weighted by molar-refractivity contribution is 5.97. The molecule has 0 amide bonds. The Labute approximate surface area is 92.8 Å². The molecule has 1 aromatic carbocycles. The summed E-state index contributed by atoms with van der Waals surface area (Å²) < 4.78 is 7.07. The number of methoxy groups -OCH3 is 1. The molecule has 1 aliphatic rings. The molecule has 2 heterocycles. The number of carbonyl (C=O) groups is 1. The Morgan fingerprint density at radius 2 is 2.25 bits per heavy atom. The molecule has 0 saturated carbocycles. The molecule has 0 bridgehead atoms. The number of nitrogens with one attached hydrogen (secondary N) is 1. The first-order valence-electron chi connectivity index (χ1n) is 5.22. The third-order valence-electron chi connectivity index (χ3n) is 2.93. The van der Waals surface area contributed by atoms with E-state index in [1.165, 1.54) is 0 Å². The number of benzene rings is 1. The van der Waals surface area contributed by atoms with Crippen molar-refractivity contribution in [2.45, 2.75) is 6.54 Å². The van der Waals surface area contributed by atoms with Gasteiger partial charge in [-0.05, 0) is 18.2 Å². The lowest BCUT2D eigenvalue weighted by Crippen LogP contribution is -2.34. The van der Waals surface area contributed by atoms with Crippen LogP contribution in [-0.4, -0.2) is 24.1 Å². The highest BCUT2D eigenvalue weighted by Crippen LogP contribution is 2.29. The number of carbonyl (C=O) groups excluding carboxylic acids is 1. The first-order chi connectivity index (χ1) is 7.81. The minimum atomic E-state index is 0.0875. The molecular formula is C12H12N2O2. The summed E-state index contributed by atoms with van der Waals surface area (Å²) in [5, 5.41) is 4.08. The molecule has 16 heavy (non-hydrogen) atoms. The average molecular weight is 216 g/mol. The zero-order chi connectivity index (χ0) is 11.1. The van der Waals surface area contributed by atoms with E-state index in [2.05, 4.69) is 5.32 Å². The summed E-state index contributed by atoms with van der Waals surface area (Å²) in [5.41, 5.74) is 1.93. The van der Waals surface area contributed by atoms with Gasteiger partial charge in [-0.3, -0.25) is 9.36 Å². The first-order valence-corrected chi connectivity index (χ1v) is 5.22. The van der Waals surface area contributed by atoms with Crippen LogP contribution < -0.4 is 10.1 Å². The van der Waals surface area contributed by atoms with Crippen LogP contribution in [0.15, 0.2) is 24.3 Å². The van der Waals surface area contributed by atoms with E-state index >= 15 is 0 Å². The molecule has 1 aromatic heterocycles. The smallest absolute Gasteiger partial charge is 0.245 e. The summed E-state index contributed by atoms with van der Waals surface area (Å²) >= 11 is 0. The van der Waals surface area contributed by atoms with Crippen molar-refractivity contribution in [2.24, 2.45) is 0 Å². The van der Waals surface area contributed by atoms with Gasteiger partial charge in [0, 0.05) is 17.6 Å². The van der Waals surface area contributed by atoms with E-state index in [0.29, 0.717) is 6.54 Å². The van der Waals surface area contributed by atoms with Crippen molar-refractivity contribution >= 4 is 16.8 Å². The summed E-state index contributed by atoms with van der Waals surface area (Å²) in [7, 11) is 1.64. The maximum absolute atomic E-state index is 11.8. The van der Waals surface area contributed by atoms with Gasteiger partial charge in [0.1, 0.15) is 5.75 Å². The van der Waals surface area contributed by atoms with Gasteiger partial charge in [-0.15, -0.1) is 0 Å². The number of aromatic nitrogens is 1. The van der Waals surface area contributed by atoms with E-state index in [4.69, 9.17) is 4.74 Å². The summed E-state index contributed by atoms with van der Waals surface area (Å²) in [6.07, 6.45) is 0. The number of hydrogen-bond acceptors (Lipinski definition) is 3. The predicted octanol–water partition coefficient (Wildman–Crippen LogP) is 1.39. The average Bonchev–Trinajstić information content (AvgIpc) is 2.68. The molecule has 4 heteroatoms. The molecule has 0 unspecified atom stereocenters. The van der Waals surface area contributed by atoms with Crippen LogP contribution in [0.1, 0.15) is 10.5 Å². The summed E-state index contributed by atoms with van der Waals surface area (Å²) in [5.74, 6) is 0.900. The lowest BCUT2D eigenvalue weighted by molar-refractivity contribution is 0.0900. The highest BCUT2D eigenvalue weighted by atomic mass is 16.5.